The molecule has 0 bridgehead atoms. The maximum Gasteiger partial charge on any atom is 0.187 e. The smallest absolute Gasteiger partial charge is 0.187 e. The van der Waals surface area contributed by atoms with Crippen LogP contribution >= 0.6 is 12.2 Å². The maximum absolute atomic E-state index is 5.27. The molecule has 1 rings (SSSR count). The van der Waals surface area contributed by atoms with Crippen molar-refractivity contribution in [2.75, 3.05) is 0 Å². The fourth-order valence-corrected chi connectivity index (χ4v) is 2.80. The Morgan fingerprint density at radius 1 is 1.29 bits per heavy atom. The topological polar surface area (TPSA) is 36.4 Å². The normalized spacial score (nSPS) is 17.5. The highest BCUT2D eigenvalue weighted by atomic mass is 32.1. The molecule has 120 valence electrons. The Morgan fingerprint density at radius 3 is 2.67 bits per heavy atom. The van der Waals surface area contributed by atoms with Gasteiger partial charge in [-0.05, 0) is 64.1 Å². The van der Waals surface area contributed by atoms with Gasteiger partial charge in [-0.2, -0.15) is 5.10 Å². The Hall–Kier alpha value is -0.900. The number of rotatable bonds is 7. The van der Waals surface area contributed by atoms with E-state index in [0.29, 0.717) is 17.1 Å². The third-order valence-electron chi connectivity index (χ3n) is 3.92. The van der Waals surface area contributed by atoms with Gasteiger partial charge in [-0.3, -0.25) is 5.43 Å². The van der Waals surface area contributed by atoms with E-state index in [-0.39, 0.29) is 0 Å². The van der Waals surface area contributed by atoms with Gasteiger partial charge in [-0.1, -0.05) is 37.8 Å². The van der Waals surface area contributed by atoms with Gasteiger partial charge in [-0.15, -0.1) is 0 Å². The van der Waals surface area contributed by atoms with Gasteiger partial charge >= 0.3 is 0 Å². The number of hydrogen-bond donors (Lipinski definition) is 2. The first-order chi connectivity index (χ1) is 10.1. The average Bonchev–Trinajstić information content (AvgIpc) is 2.44. The lowest BCUT2D eigenvalue weighted by molar-refractivity contribution is 0.412. The van der Waals surface area contributed by atoms with Gasteiger partial charge in [0.15, 0.2) is 5.11 Å². The van der Waals surface area contributed by atoms with Crippen LogP contribution in [0.25, 0.3) is 0 Å². The van der Waals surface area contributed by atoms with Crippen molar-refractivity contribution >= 4 is 23.5 Å². The van der Waals surface area contributed by atoms with E-state index in [1.165, 1.54) is 44.1 Å². The summed E-state index contributed by atoms with van der Waals surface area (Å²) in [5.41, 5.74) is 4.34. The van der Waals surface area contributed by atoms with Crippen molar-refractivity contribution in [2.24, 2.45) is 11.0 Å². The summed E-state index contributed by atoms with van der Waals surface area (Å²) >= 11 is 5.27. The van der Waals surface area contributed by atoms with E-state index < -0.39 is 0 Å². The minimum absolute atomic E-state index is 0.539. The first-order valence-corrected chi connectivity index (χ1v) is 8.70. The van der Waals surface area contributed by atoms with Crippen molar-refractivity contribution in [1.29, 1.82) is 0 Å². The SMILES string of the molecule is CC(C)=CCC[C@H](C)C/C=N\NC(=S)NC1CCCCC1. The fraction of sp³-hybridized carbons (Fsp3) is 0.765. The molecule has 21 heavy (non-hydrogen) atoms. The summed E-state index contributed by atoms with van der Waals surface area (Å²) in [6.45, 7) is 6.57. The largest absolute Gasteiger partial charge is 0.359 e. The minimum Gasteiger partial charge on any atom is -0.359 e. The zero-order valence-corrected chi connectivity index (χ0v) is 14.6. The Labute approximate surface area is 135 Å². The van der Waals surface area contributed by atoms with Crippen LogP contribution in [0.15, 0.2) is 16.8 Å². The fourth-order valence-electron chi connectivity index (χ4n) is 2.58. The molecule has 1 aliphatic carbocycles. The lowest BCUT2D eigenvalue weighted by Gasteiger charge is -2.23. The minimum atomic E-state index is 0.539. The molecule has 1 atom stereocenters. The molecule has 0 saturated heterocycles. The molecule has 0 spiro atoms. The van der Waals surface area contributed by atoms with Gasteiger partial charge in [0.2, 0.25) is 0 Å². The van der Waals surface area contributed by atoms with E-state index in [1.54, 1.807) is 0 Å². The summed E-state index contributed by atoms with van der Waals surface area (Å²) in [7, 11) is 0. The van der Waals surface area contributed by atoms with E-state index in [1.807, 2.05) is 6.21 Å². The number of allylic oxidation sites excluding steroid dienone is 2. The molecule has 1 aliphatic rings. The second-order valence-corrected chi connectivity index (χ2v) is 6.84. The van der Waals surface area contributed by atoms with E-state index in [4.69, 9.17) is 12.2 Å². The first kappa shape index (κ1) is 18.1. The van der Waals surface area contributed by atoms with Crippen molar-refractivity contribution in [1.82, 2.24) is 10.7 Å². The Bertz CT molecular complexity index is 353. The Balaban J connectivity index is 2.09. The van der Waals surface area contributed by atoms with Gasteiger partial charge in [0.05, 0.1) is 0 Å². The first-order valence-electron chi connectivity index (χ1n) is 8.29. The third-order valence-corrected chi connectivity index (χ3v) is 4.13. The van der Waals surface area contributed by atoms with Crippen LogP contribution in [-0.4, -0.2) is 17.4 Å². The average molecular weight is 310 g/mol. The van der Waals surface area contributed by atoms with Crippen LogP contribution in [0.4, 0.5) is 0 Å². The molecule has 0 aliphatic heterocycles. The predicted molar refractivity (Wildman–Crippen MR) is 96.7 cm³/mol. The van der Waals surface area contributed by atoms with Crippen LogP contribution < -0.4 is 10.7 Å². The number of hydrogen-bond acceptors (Lipinski definition) is 2. The summed E-state index contributed by atoms with van der Waals surface area (Å²) in [4.78, 5) is 0. The van der Waals surface area contributed by atoms with Gasteiger partial charge in [0, 0.05) is 12.3 Å². The van der Waals surface area contributed by atoms with E-state index in [9.17, 15) is 0 Å². The predicted octanol–water partition coefficient (Wildman–Crippen LogP) is 4.54. The van der Waals surface area contributed by atoms with Gasteiger partial charge in [0.1, 0.15) is 0 Å². The highest BCUT2D eigenvalue weighted by Crippen LogP contribution is 2.17. The van der Waals surface area contributed by atoms with E-state index in [0.717, 1.165) is 12.8 Å². The quantitative estimate of drug-likeness (QED) is 0.314. The number of thiocarbonyl (C=S) groups is 1. The molecule has 0 radical (unpaired) electrons. The summed E-state index contributed by atoms with van der Waals surface area (Å²) in [5.74, 6) is 0.658. The molecule has 0 aromatic heterocycles. The van der Waals surface area contributed by atoms with Crippen molar-refractivity contribution in [3.05, 3.63) is 11.6 Å². The van der Waals surface area contributed by atoms with Crippen molar-refractivity contribution in [2.45, 2.75) is 78.2 Å². The molecular weight excluding hydrogens is 278 g/mol. The molecular formula is C17H31N3S. The van der Waals surface area contributed by atoms with Crippen LogP contribution in [0, 0.1) is 5.92 Å². The summed E-state index contributed by atoms with van der Waals surface area (Å²) in [5, 5.41) is 8.24. The zero-order chi connectivity index (χ0) is 15.5. The van der Waals surface area contributed by atoms with Crippen molar-refractivity contribution in [3.63, 3.8) is 0 Å². The molecule has 3 nitrogen and oxygen atoms in total. The van der Waals surface area contributed by atoms with Gasteiger partial charge in [-0.25, -0.2) is 0 Å². The Kier molecular flexibility index (Phi) is 9.31. The zero-order valence-electron chi connectivity index (χ0n) is 13.8. The van der Waals surface area contributed by atoms with Crippen LogP contribution in [0.1, 0.15) is 72.1 Å². The van der Waals surface area contributed by atoms with Gasteiger partial charge in [0.25, 0.3) is 0 Å². The summed E-state index contributed by atoms with van der Waals surface area (Å²) in [6.07, 6.45) is 14.1. The molecule has 2 N–H and O–H groups in total. The molecule has 4 heteroatoms. The van der Waals surface area contributed by atoms with Crippen LogP contribution in [0.3, 0.4) is 0 Å². The lowest BCUT2D eigenvalue weighted by atomic mass is 9.96. The van der Waals surface area contributed by atoms with Crippen LogP contribution in [0.5, 0.6) is 0 Å². The molecule has 1 fully saturated rings. The van der Waals surface area contributed by atoms with Gasteiger partial charge < -0.3 is 5.32 Å². The monoisotopic (exact) mass is 309 g/mol. The lowest BCUT2D eigenvalue weighted by Crippen LogP contribution is -2.40. The summed E-state index contributed by atoms with van der Waals surface area (Å²) in [6, 6.07) is 0.539. The second-order valence-electron chi connectivity index (χ2n) is 6.43. The molecule has 0 aromatic rings. The number of nitrogens with one attached hydrogen (secondary N) is 2. The molecule has 0 amide bonds. The molecule has 0 aromatic carbocycles. The molecule has 0 heterocycles. The Morgan fingerprint density at radius 2 is 2.00 bits per heavy atom. The van der Waals surface area contributed by atoms with Crippen molar-refractivity contribution in [3.8, 4) is 0 Å². The highest BCUT2D eigenvalue weighted by molar-refractivity contribution is 7.80. The standard InChI is InChI=1S/C17H31N3S/c1-14(2)8-7-9-15(3)12-13-18-20-17(21)19-16-10-5-4-6-11-16/h8,13,15-16H,4-7,9-12H2,1-3H3,(H2,19,20,21)/b18-13-/t15-/m0/s1. The van der Waals surface area contributed by atoms with Crippen molar-refractivity contribution < 1.29 is 0 Å². The maximum atomic E-state index is 5.27. The van der Waals surface area contributed by atoms with Crippen LogP contribution in [-0.2, 0) is 0 Å². The van der Waals surface area contributed by atoms with Crippen LogP contribution in [0.2, 0.25) is 0 Å². The summed E-state index contributed by atoms with van der Waals surface area (Å²) < 4.78 is 0. The molecule has 1 saturated carbocycles. The number of hydrazone groups is 1. The second kappa shape index (κ2) is 10.8. The third kappa shape index (κ3) is 9.62. The highest BCUT2D eigenvalue weighted by Gasteiger charge is 2.13. The van der Waals surface area contributed by atoms with E-state index >= 15 is 0 Å². The molecule has 0 unspecified atom stereocenters. The van der Waals surface area contributed by atoms with E-state index in [2.05, 4.69) is 42.7 Å². The number of nitrogens with zero attached hydrogens (tertiary/aromatic N) is 1.